The molecule has 3 unspecified atom stereocenters. The van der Waals surface area contributed by atoms with Crippen LogP contribution in [-0.2, 0) is 4.74 Å². The van der Waals surface area contributed by atoms with Gasteiger partial charge in [0.2, 0.25) is 0 Å². The van der Waals surface area contributed by atoms with Gasteiger partial charge in [0.25, 0.3) is 5.56 Å². The lowest BCUT2D eigenvalue weighted by atomic mass is 9.95. The zero-order valence-corrected chi connectivity index (χ0v) is 10.2. The summed E-state index contributed by atoms with van der Waals surface area (Å²) in [5.74, 6) is 0.602. The second-order valence-electron chi connectivity index (χ2n) is 4.25. The van der Waals surface area contributed by atoms with E-state index in [0.29, 0.717) is 16.4 Å². The standard InChI is InChI=1S/C10H12BrN3O2/c11-8-9(12-4-13-10(8)15)14-6-3-5-1-2-7(6)16-5/h4-7H,1-3H2,(H2,12,13,14,15). The lowest BCUT2D eigenvalue weighted by Gasteiger charge is -2.20. The Balaban J connectivity index is 1.80. The van der Waals surface area contributed by atoms with Crippen LogP contribution in [0.1, 0.15) is 19.3 Å². The van der Waals surface area contributed by atoms with Crippen LogP contribution in [0.25, 0.3) is 0 Å². The molecule has 2 N–H and O–H groups in total. The molecule has 3 heterocycles. The quantitative estimate of drug-likeness (QED) is 0.859. The lowest BCUT2D eigenvalue weighted by molar-refractivity contribution is 0.102. The Morgan fingerprint density at radius 2 is 2.44 bits per heavy atom. The third kappa shape index (κ3) is 1.66. The molecule has 86 valence electrons. The fourth-order valence-electron chi connectivity index (χ4n) is 2.45. The third-order valence-electron chi connectivity index (χ3n) is 3.22. The van der Waals surface area contributed by atoms with Crippen LogP contribution >= 0.6 is 15.9 Å². The number of hydrogen-bond acceptors (Lipinski definition) is 4. The highest BCUT2D eigenvalue weighted by molar-refractivity contribution is 9.10. The van der Waals surface area contributed by atoms with Gasteiger partial charge >= 0.3 is 0 Å². The van der Waals surface area contributed by atoms with Gasteiger partial charge in [0, 0.05) is 0 Å². The van der Waals surface area contributed by atoms with E-state index >= 15 is 0 Å². The highest BCUT2D eigenvalue weighted by Gasteiger charge is 2.41. The van der Waals surface area contributed by atoms with Gasteiger partial charge in [0.15, 0.2) is 0 Å². The van der Waals surface area contributed by atoms with E-state index in [1.807, 2.05) is 0 Å². The van der Waals surface area contributed by atoms with Crippen molar-refractivity contribution < 1.29 is 4.74 Å². The molecule has 2 bridgehead atoms. The maximum Gasteiger partial charge on any atom is 0.267 e. The summed E-state index contributed by atoms with van der Waals surface area (Å²) in [6.45, 7) is 0. The zero-order chi connectivity index (χ0) is 11.1. The molecule has 0 spiro atoms. The highest BCUT2D eigenvalue weighted by atomic mass is 79.9. The van der Waals surface area contributed by atoms with Crippen LogP contribution in [0.3, 0.4) is 0 Å². The number of ether oxygens (including phenoxy) is 1. The van der Waals surface area contributed by atoms with Crippen LogP contribution < -0.4 is 10.9 Å². The number of nitrogens with zero attached hydrogens (tertiary/aromatic N) is 1. The zero-order valence-electron chi connectivity index (χ0n) is 8.57. The minimum atomic E-state index is -0.165. The van der Waals surface area contributed by atoms with Crippen LogP contribution in [0.15, 0.2) is 15.6 Å². The number of aromatic nitrogens is 2. The number of halogens is 1. The van der Waals surface area contributed by atoms with Gasteiger partial charge in [0.1, 0.15) is 10.3 Å². The van der Waals surface area contributed by atoms with Crippen LogP contribution in [-0.4, -0.2) is 28.2 Å². The van der Waals surface area contributed by atoms with E-state index in [1.165, 1.54) is 6.33 Å². The molecule has 6 heteroatoms. The molecule has 3 atom stereocenters. The number of anilines is 1. The molecule has 1 aromatic rings. The van der Waals surface area contributed by atoms with E-state index in [-0.39, 0.29) is 17.7 Å². The Labute approximate surface area is 101 Å². The van der Waals surface area contributed by atoms with Gasteiger partial charge in [0.05, 0.1) is 24.6 Å². The summed E-state index contributed by atoms with van der Waals surface area (Å²) in [5.41, 5.74) is -0.165. The fourth-order valence-corrected chi connectivity index (χ4v) is 2.78. The Kier molecular flexibility index (Phi) is 2.48. The first-order chi connectivity index (χ1) is 7.74. The van der Waals surface area contributed by atoms with Gasteiger partial charge in [-0.1, -0.05) is 0 Å². The molecule has 2 saturated heterocycles. The van der Waals surface area contributed by atoms with Gasteiger partial charge < -0.3 is 15.0 Å². The first kappa shape index (κ1) is 10.3. The second-order valence-corrected chi connectivity index (χ2v) is 5.05. The average Bonchev–Trinajstić information content (AvgIpc) is 2.86. The molecule has 0 aliphatic carbocycles. The Morgan fingerprint density at radius 1 is 1.56 bits per heavy atom. The predicted molar refractivity (Wildman–Crippen MR) is 62.5 cm³/mol. The van der Waals surface area contributed by atoms with E-state index in [9.17, 15) is 4.79 Å². The van der Waals surface area contributed by atoms with Crippen LogP contribution in [0, 0.1) is 0 Å². The maximum absolute atomic E-state index is 11.4. The average molecular weight is 286 g/mol. The number of nitrogens with one attached hydrogen (secondary N) is 2. The first-order valence-corrected chi connectivity index (χ1v) is 6.18. The van der Waals surface area contributed by atoms with Crippen molar-refractivity contribution in [3.05, 3.63) is 21.2 Å². The summed E-state index contributed by atoms with van der Waals surface area (Å²) in [5, 5.41) is 3.28. The number of rotatable bonds is 2. The predicted octanol–water partition coefficient (Wildman–Crippen LogP) is 1.26. The molecular formula is C10H12BrN3O2. The Hall–Kier alpha value is -0.880. The monoisotopic (exact) mass is 285 g/mol. The minimum Gasteiger partial charge on any atom is -0.373 e. The third-order valence-corrected chi connectivity index (χ3v) is 3.96. The molecule has 2 aliphatic rings. The van der Waals surface area contributed by atoms with Crippen molar-refractivity contribution in [3.8, 4) is 0 Å². The normalized spacial score (nSPS) is 31.9. The molecule has 0 amide bonds. The molecule has 0 saturated carbocycles. The van der Waals surface area contributed by atoms with Crippen molar-refractivity contribution in [2.24, 2.45) is 0 Å². The molecule has 2 aliphatic heterocycles. The van der Waals surface area contributed by atoms with Gasteiger partial charge in [-0.3, -0.25) is 4.79 Å². The van der Waals surface area contributed by atoms with Crippen molar-refractivity contribution >= 4 is 21.7 Å². The Morgan fingerprint density at radius 3 is 3.12 bits per heavy atom. The first-order valence-electron chi connectivity index (χ1n) is 5.39. The topological polar surface area (TPSA) is 67.0 Å². The summed E-state index contributed by atoms with van der Waals surface area (Å²) in [6, 6.07) is 0.282. The largest absolute Gasteiger partial charge is 0.373 e. The summed E-state index contributed by atoms with van der Waals surface area (Å²) in [6.07, 6.45) is 5.34. The van der Waals surface area contributed by atoms with E-state index < -0.39 is 0 Å². The summed E-state index contributed by atoms with van der Waals surface area (Å²) < 4.78 is 6.19. The fraction of sp³-hybridized carbons (Fsp3) is 0.600. The molecule has 0 aromatic carbocycles. The molecule has 3 rings (SSSR count). The minimum absolute atomic E-state index is 0.165. The van der Waals surface area contributed by atoms with E-state index in [1.54, 1.807) is 0 Å². The molecule has 5 nitrogen and oxygen atoms in total. The number of hydrogen-bond donors (Lipinski definition) is 2. The SMILES string of the molecule is O=c1[nH]cnc(NC2CC3CCC2O3)c1Br. The van der Waals surface area contributed by atoms with E-state index in [2.05, 4.69) is 31.2 Å². The summed E-state index contributed by atoms with van der Waals surface area (Å²) in [7, 11) is 0. The summed E-state index contributed by atoms with van der Waals surface area (Å²) in [4.78, 5) is 18.0. The van der Waals surface area contributed by atoms with Crippen molar-refractivity contribution in [3.63, 3.8) is 0 Å². The van der Waals surface area contributed by atoms with E-state index in [4.69, 9.17) is 4.74 Å². The molecular weight excluding hydrogens is 274 g/mol. The van der Waals surface area contributed by atoms with Crippen molar-refractivity contribution in [2.45, 2.75) is 37.5 Å². The highest BCUT2D eigenvalue weighted by Crippen LogP contribution is 2.36. The van der Waals surface area contributed by atoms with Crippen molar-refractivity contribution in [1.82, 2.24) is 9.97 Å². The van der Waals surface area contributed by atoms with E-state index in [0.717, 1.165) is 19.3 Å². The number of fused-ring (bicyclic) bond motifs is 2. The number of H-pyrrole nitrogens is 1. The van der Waals surface area contributed by atoms with Gasteiger partial charge in [-0.05, 0) is 35.2 Å². The molecule has 1 aromatic heterocycles. The smallest absolute Gasteiger partial charge is 0.267 e. The van der Waals surface area contributed by atoms with Gasteiger partial charge in [-0.2, -0.15) is 0 Å². The lowest BCUT2D eigenvalue weighted by Crippen LogP contribution is -2.31. The second kappa shape index (κ2) is 3.85. The van der Waals surface area contributed by atoms with Crippen LogP contribution in [0.4, 0.5) is 5.82 Å². The van der Waals surface area contributed by atoms with Gasteiger partial charge in [-0.15, -0.1) is 0 Å². The van der Waals surface area contributed by atoms with Gasteiger partial charge in [-0.25, -0.2) is 4.98 Å². The van der Waals surface area contributed by atoms with Crippen molar-refractivity contribution in [2.75, 3.05) is 5.32 Å². The van der Waals surface area contributed by atoms with Crippen LogP contribution in [0.5, 0.6) is 0 Å². The Bertz CT molecular complexity index is 462. The summed E-state index contributed by atoms with van der Waals surface area (Å²) >= 11 is 3.23. The molecule has 16 heavy (non-hydrogen) atoms. The maximum atomic E-state index is 11.4. The van der Waals surface area contributed by atoms with Crippen molar-refractivity contribution in [1.29, 1.82) is 0 Å². The van der Waals surface area contributed by atoms with Crippen LogP contribution in [0.2, 0.25) is 0 Å². The molecule has 0 radical (unpaired) electrons. The molecule has 2 fully saturated rings. The number of aromatic amines is 1.